The molecule has 104 valence electrons. The Balaban J connectivity index is 2.59. The maximum absolute atomic E-state index is 12.1. The molecular formula is C12H19F3N2S. The average Bonchev–Trinajstić information content (AvgIpc) is 2.51. The summed E-state index contributed by atoms with van der Waals surface area (Å²) < 4.78 is 36.4. The highest BCUT2D eigenvalue weighted by molar-refractivity contribution is 7.11. The van der Waals surface area contributed by atoms with Crippen LogP contribution < -0.4 is 5.32 Å². The first-order valence-corrected chi connectivity index (χ1v) is 6.65. The molecule has 0 bridgehead atoms. The molecule has 0 aromatic carbocycles. The molecule has 1 heterocycles. The first-order valence-electron chi connectivity index (χ1n) is 5.84. The summed E-state index contributed by atoms with van der Waals surface area (Å²) in [7, 11) is 0. The molecule has 0 aliphatic carbocycles. The standard InChI is InChI=1S/C12H19F3N2S/c1-8-9(7-16-11(2,3)4)18-10(17-8)5-6-12(13,14)15/h16H,5-7H2,1-4H3. The van der Waals surface area contributed by atoms with Crippen molar-refractivity contribution in [3.8, 4) is 0 Å². The second kappa shape index (κ2) is 5.57. The summed E-state index contributed by atoms with van der Waals surface area (Å²) in [6.45, 7) is 8.64. The zero-order chi connectivity index (χ0) is 14.0. The number of aryl methyl sites for hydroxylation is 2. The van der Waals surface area contributed by atoms with Crippen molar-refractivity contribution in [1.82, 2.24) is 10.3 Å². The lowest BCUT2D eigenvalue weighted by Gasteiger charge is -2.19. The van der Waals surface area contributed by atoms with Gasteiger partial charge < -0.3 is 5.32 Å². The van der Waals surface area contributed by atoms with Gasteiger partial charge in [0.05, 0.1) is 10.7 Å². The molecule has 0 atom stereocenters. The number of alkyl halides is 3. The number of halogens is 3. The van der Waals surface area contributed by atoms with Crippen LogP contribution in [-0.4, -0.2) is 16.7 Å². The van der Waals surface area contributed by atoms with Crippen LogP contribution in [0.4, 0.5) is 13.2 Å². The molecule has 0 saturated carbocycles. The SMILES string of the molecule is Cc1nc(CCC(F)(F)F)sc1CNC(C)(C)C. The lowest BCUT2D eigenvalue weighted by Crippen LogP contribution is -2.34. The third kappa shape index (κ3) is 5.82. The molecule has 0 unspecified atom stereocenters. The van der Waals surface area contributed by atoms with Gasteiger partial charge in [-0.15, -0.1) is 11.3 Å². The van der Waals surface area contributed by atoms with E-state index >= 15 is 0 Å². The Bertz CT molecular complexity index is 391. The highest BCUT2D eigenvalue weighted by atomic mass is 32.1. The van der Waals surface area contributed by atoms with Gasteiger partial charge in [-0.25, -0.2) is 4.98 Å². The van der Waals surface area contributed by atoms with E-state index in [9.17, 15) is 13.2 Å². The van der Waals surface area contributed by atoms with Crippen molar-refractivity contribution in [2.24, 2.45) is 0 Å². The highest BCUT2D eigenvalue weighted by Gasteiger charge is 2.27. The molecule has 1 aromatic rings. The second-order valence-electron chi connectivity index (χ2n) is 5.33. The lowest BCUT2D eigenvalue weighted by atomic mass is 10.1. The number of nitrogens with one attached hydrogen (secondary N) is 1. The summed E-state index contributed by atoms with van der Waals surface area (Å²) in [5.74, 6) is 0. The Morgan fingerprint density at radius 2 is 1.83 bits per heavy atom. The molecule has 0 radical (unpaired) electrons. The highest BCUT2D eigenvalue weighted by Crippen LogP contribution is 2.25. The summed E-state index contributed by atoms with van der Waals surface area (Å²) in [4.78, 5) is 5.21. The monoisotopic (exact) mass is 280 g/mol. The fourth-order valence-corrected chi connectivity index (χ4v) is 2.36. The third-order valence-corrected chi connectivity index (χ3v) is 3.56. The predicted octanol–water partition coefficient (Wildman–Crippen LogP) is 3.83. The van der Waals surface area contributed by atoms with E-state index in [4.69, 9.17) is 0 Å². The smallest absolute Gasteiger partial charge is 0.307 e. The van der Waals surface area contributed by atoms with E-state index in [-0.39, 0.29) is 12.0 Å². The van der Waals surface area contributed by atoms with E-state index in [1.54, 1.807) is 0 Å². The van der Waals surface area contributed by atoms with Crippen molar-refractivity contribution < 1.29 is 13.2 Å². The first kappa shape index (κ1) is 15.4. The fourth-order valence-electron chi connectivity index (χ4n) is 1.35. The fraction of sp³-hybridized carbons (Fsp3) is 0.750. The minimum atomic E-state index is -4.11. The van der Waals surface area contributed by atoms with Gasteiger partial charge in [0, 0.05) is 29.8 Å². The molecule has 1 aromatic heterocycles. The van der Waals surface area contributed by atoms with E-state index in [1.807, 2.05) is 27.7 Å². The van der Waals surface area contributed by atoms with Gasteiger partial charge in [-0.1, -0.05) is 0 Å². The van der Waals surface area contributed by atoms with Crippen LogP contribution >= 0.6 is 11.3 Å². The van der Waals surface area contributed by atoms with Crippen molar-refractivity contribution in [2.45, 2.75) is 58.8 Å². The molecule has 6 heteroatoms. The molecule has 1 rings (SSSR count). The minimum Gasteiger partial charge on any atom is -0.307 e. The van der Waals surface area contributed by atoms with Crippen LogP contribution in [0.2, 0.25) is 0 Å². The van der Waals surface area contributed by atoms with Crippen LogP contribution in [0.3, 0.4) is 0 Å². The predicted molar refractivity (Wildman–Crippen MR) is 67.8 cm³/mol. The molecule has 0 saturated heterocycles. The van der Waals surface area contributed by atoms with Gasteiger partial charge in [-0.3, -0.25) is 0 Å². The Hall–Kier alpha value is -0.620. The average molecular weight is 280 g/mol. The molecule has 2 nitrogen and oxygen atoms in total. The van der Waals surface area contributed by atoms with Crippen LogP contribution in [-0.2, 0) is 13.0 Å². The molecule has 0 aliphatic heterocycles. The largest absolute Gasteiger partial charge is 0.389 e. The normalized spacial score (nSPS) is 13.1. The Morgan fingerprint density at radius 1 is 1.22 bits per heavy atom. The molecular weight excluding hydrogens is 261 g/mol. The number of rotatable bonds is 4. The molecule has 0 fully saturated rings. The lowest BCUT2D eigenvalue weighted by molar-refractivity contribution is -0.134. The number of hydrogen-bond acceptors (Lipinski definition) is 3. The van der Waals surface area contributed by atoms with Crippen LogP contribution in [0.5, 0.6) is 0 Å². The number of nitrogens with zero attached hydrogens (tertiary/aromatic N) is 1. The van der Waals surface area contributed by atoms with Crippen molar-refractivity contribution in [3.05, 3.63) is 15.6 Å². The number of thiazole rings is 1. The summed E-state index contributed by atoms with van der Waals surface area (Å²) in [6, 6.07) is 0. The van der Waals surface area contributed by atoms with Crippen molar-refractivity contribution in [1.29, 1.82) is 0 Å². The van der Waals surface area contributed by atoms with Crippen molar-refractivity contribution in [3.63, 3.8) is 0 Å². The van der Waals surface area contributed by atoms with Crippen LogP contribution in [0.15, 0.2) is 0 Å². The summed E-state index contributed by atoms with van der Waals surface area (Å²) in [6.07, 6.45) is -4.93. The zero-order valence-electron chi connectivity index (χ0n) is 11.1. The molecule has 0 spiro atoms. The van der Waals surface area contributed by atoms with Gasteiger partial charge in [0.15, 0.2) is 0 Å². The Labute approximate surface area is 110 Å². The number of aromatic nitrogens is 1. The number of hydrogen-bond donors (Lipinski definition) is 1. The van der Waals surface area contributed by atoms with Crippen LogP contribution in [0, 0.1) is 6.92 Å². The van der Waals surface area contributed by atoms with Gasteiger partial charge in [0.1, 0.15) is 0 Å². The summed E-state index contributed by atoms with van der Waals surface area (Å²) in [5.41, 5.74) is 0.816. The van der Waals surface area contributed by atoms with E-state index in [2.05, 4.69) is 10.3 Å². The van der Waals surface area contributed by atoms with Crippen molar-refractivity contribution >= 4 is 11.3 Å². The summed E-state index contributed by atoms with van der Waals surface area (Å²) in [5, 5.41) is 3.88. The first-order chi connectivity index (χ1) is 8.07. The van der Waals surface area contributed by atoms with Gasteiger partial charge in [-0.2, -0.15) is 13.2 Å². The molecule has 18 heavy (non-hydrogen) atoms. The van der Waals surface area contributed by atoms with Crippen molar-refractivity contribution in [2.75, 3.05) is 0 Å². The maximum Gasteiger partial charge on any atom is 0.389 e. The van der Waals surface area contributed by atoms with Gasteiger partial charge in [0.2, 0.25) is 0 Å². The Kier molecular flexibility index (Phi) is 4.78. The van der Waals surface area contributed by atoms with E-state index < -0.39 is 12.6 Å². The van der Waals surface area contributed by atoms with Crippen LogP contribution in [0.1, 0.15) is 42.8 Å². The zero-order valence-corrected chi connectivity index (χ0v) is 11.9. The van der Waals surface area contributed by atoms with Gasteiger partial charge >= 0.3 is 6.18 Å². The molecule has 0 amide bonds. The topological polar surface area (TPSA) is 24.9 Å². The van der Waals surface area contributed by atoms with Crippen LogP contribution in [0.25, 0.3) is 0 Å². The minimum absolute atomic E-state index is 0.0113. The Morgan fingerprint density at radius 3 is 2.33 bits per heavy atom. The van der Waals surface area contributed by atoms with E-state index in [0.29, 0.717) is 11.6 Å². The maximum atomic E-state index is 12.1. The summed E-state index contributed by atoms with van der Waals surface area (Å²) >= 11 is 1.37. The van der Waals surface area contributed by atoms with E-state index in [1.165, 1.54) is 11.3 Å². The van der Waals surface area contributed by atoms with Gasteiger partial charge in [0.25, 0.3) is 0 Å². The quantitative estimate of drug-likeness (QED) is 0.906. The third-order valence-electron chi connectivity index (χ3n) is 2.34. The second-order valence-corrected chi connectivity index (χ2v) is 6.50. The molecule has 1 N–H and O–H groups in total. The van der Waals surface area contributed by atoms with Gasteiger partial charge in [-0.05, 0) is 27.7 Å². The molecule has 0 aliphatic rings. The van der Waals surface area contributed by atoms with E-state index in [0.717, 1.165) is 10.6 Å².